The third-order valence-electron chi connectivity index (χ3n) is 5.19. The van der Waals surface area contributed by atoms with Gasteiger partial charge < -0.3 is 4.74 Å². The van der Waals surface area contributed by atoms with Crippen molar-refractivity contribution >= 4 is 0 Å². The fourth-order valence-electron chi connectivity index (χ4n) is 3.89. The number of hydrogen-bond donors (Lipinski definition) is 1. The van der Waals surface area contributed by atoms with E-state index in [-0.39, 0.29) is 5.54 Å². The van der Waals surface area contributed by atoms with Crippen LogP contribution in [0.5, 0.6) is 0 Å². The first kappa shape index (κ1) is 15.8. The van der Waals surface area contributed by atoms with Gasteiger partial charge in [0.1, 0.15) is 5.54 Å². The molecule has 0 aromatic carbocycles. The maximum absolute atomic E-state index is 9.57. The van der Waals surface area contributed by atoms with E-state index < -0.39 is 0 Å². The van der Waals surface area contributed by atoms with Gasteiger partial charge in [-0.05, 0) is 51.1 Å². The SMILES string of the molecule is CCNC1(C#N)CCCC(N2CCC(C)C(OC)C2)C1. The van der Waals surface area contributed by atoms with Crippen LogP contribution in [-0.4, -0.2) is 49.3 Å². The Balaban J connectivity index is 2.00. The number of likely N-dealkylation sites (tertiary alicyclic amines) is 1. The lowest BCUT2D eigenvalue weighted by atomic mass is 9.78. The summed E-state index contributed by atoms with van der Waals surface area (Å²) >= 11 is 0. The highest BCUT2D eigenvalue weighted by molar-refractivity contribution is 5.11. The quantitative estimate of drug-likeness (QED) is 0.856. The predicted molar refractivity (Wildman–Crippen MR) is 80.4 cm³/mol. The summed E-state index contributed by atoms with van der Waals surface area (Å²) in [4.78, 5) is 2.57. The molecule has 4 unspecified atom stereocenters. The first-order chi connectivity index (χ1) is 9.64. The van der Waals surface area contributed by atoms with Gasteiger partial charge in [-0.3, -0.25) is 10.2 Å². The number of nitrogens with zero attached hydrogens (tertiary/aromatic N) is 2. The molecule has 4 atom stereocenters. The van der Waals surface area contributed by atoms with Gasteiger partial charge in [-0.1, -0.05) is 13.8 Å². The van der Waals surface area contributed by atoms with Gasteiger partial charge in [-0.15, -0.1) is 0 Å². The van der Waals surface area contributed by atoms with Gasteiger partial charge in [-0.2, -0.15) is 5.26 Å². The average molecular weight is 279 g/mol. The molecule has 0 amide bonds. The molecule has 0 aromatic rings. The summed E-state index contributed by atoms with van der Waals surface area (Å²) in [7, 11) is 1.82. The number of ether oxygens (including phenoxy) is 1. The largest absolute Gasteiger partial charge is 0.380 e. The maximum Gasteiger partial charge on any atom is 0.108 e. The second-order valence-electron chi connectivity index (χ2n) is 6.51. The smallest absolute Gasteiger partial charge is 0.108 e. The van der Waals surface area contributed by atoms with Crippen LogP contribution in [0.4, 0.5) is 0 Å². The van der Waals surface area contributed by atoms with Crippen molar-refractivity contribution in [3.8, 4) is 6.07 Å². The van der Waals surface area contributed by atoms with Gasteiger partial charge in [0.05, 0.1) is 12.2 Å². The van der Waals surface area contributed by atoms with Gasteiger partial charge in [0.2, 0.25) is 0 Å². The minimum atomic E-state index is -0.302. The van der Waals surface area contributed by atoms with E-state index in [2.05, 4.69) is 30.1 Å². The van der Waals surface area contributed by atoms with Gasteiger partial charge in [0.25, 0.3) is 0 Å². The number of nitrogens with one attached hydrogen (secondary N) is 1. The van der Waals surface area contributed by atoms with Crippen LogP contribution in [0.25, 0.3) is 0 Å². The Morgan fingerprint density at radius 3 is 2.90 bits per heavy atom. The molecule has 0 bridgehead atoms. The molecule has 0 spiro atoms. The van der Waals surface area contributed by atoms with E-state index in [9.17, 15) is 5.26 Å². The average Bonchev–Trinajstić information content (AvgIpc) is 2.48. The molecule has 0 aromatic heterocycles. The van der Waals surface area contributed by atoms with Crippen LogP contribution in [0.15, 0.2) is 0 Å². The molecular formula is C16H29N3O. The lowest BCUT2D eigenvalue weighted by Gasteiger charge is -2.45. The van der Waals surface area contributed by atoms with E-state index in [1.54, 1.807) is 0 Å². The number of nitriles is 1. The minimum absolute atomic E-state index is 0.302. The lowest BCUT2D eigenvalue weighted by Crippen LogP contribution is -2.56. The van der Waals surface area contributed by atoms with Crippen LogP contribution in [-0.2, 0) is 4.74 Å². The Bertz CT molecular complexity index is 350. The van der Waals surface area contributed by atoms with Crippen LogP contribution in [0.1, 0.15) is 46.0 Å². The molecule has 2 fully saturated rings. The monoisotopic (exact) mass is 279 g/mol. The van der Waals surface area contributed by atoms with Crippen molar-refractivity contribution in [1.29, 1.82) is 5.26 Å². The Kier molecular flexibility index (Phi) is 5.42. The van der Waals surface area contributed by atoms with E-state index >= 15 is 0 Å². The zero-order valence-corrected chi connectivity index (χ0v) is 13.2. The Morgan fingerprint density at radius 2 is 2.25 bits per heavy atom. The van der Waals surface area contributed by atoms with Crippen LogP contribution in [0, 0.1) is 17.2 Å². The van der Waals surface area contributed by atoms with Crippen molar-refractivity contribution in [2.75, 3.05) is 26.7 Å². The molecule has 1 N–H and O–H groups in total. The molecule has 4 nitrogen and oxygen atoms in total. The van der Waals surface area contributed by atoms with Gasteiger partial charge in [0, 0.05) is 19.7 Å². The topological polar surface area (TPSA) is 48.3 Å². The van der Waals surface area contributed by atoms with Crippen molar-refractivity contribution in [2.45, 2.75) is 63.6 Å². The number of piperidine rings is 1. The summed E-state index contributed by atoms with van der Waals surface area (Å²) in [6, 6.07) is 3.09. The molecule has 4 heteroatoms. The van der Waals surface area contributed by atoms with Crippen LogP contribution < -0.4 is 5.32 Å². The molecule has 1 aliphatic heterocycles. The summed E-state index contributed by atoms with van der Waals surface area (Å²) in [6.45, 7) is 7.42. The first-order valence-electron chi connectivity index (χ1n) is 8.07. The Hall–Kier alpha value is -0.630. The molecular weight excluding hydrogens is 250 g/mol. The second kappa shape index (κ2) is 6.89. The zero-order valence-electron chi connectivity index (χ0n) is 13.2. The molecule has 2 aliphatic rings. The molecule has 1 saturated carbocycles. The van der Waals surface area contributed by atoms with Crippen LogP contribution in [0.2, 0.25) is 0 Å². The van der Waals surface area contributed by atoms with Crippen molar-refractivity contribution in [2.24, 2.45) is 5.92 Å². The number of hydrogen-bond acceptors (Lipinski definition) is 4. The van der Waals surface area contributed by atoms with E-state index in [0.29, 0.717) is 18.1 Å². The fraction of sp³-hybridized carbons (Fsp3) is 0.938. The molecule has 1 aliphatic carbocycles. The van der Waals surface area contributed by atoms with Gasteiger partial charge in [0.15, 0.2) is 0 Å². The van der Waals surface area contributed by atoms with Crippen LogP contribution >= 0.6 is 0 Å². The Morgan fingerprint density at radius 1 is 1.45 bits per heavy atom. The van der Waals surface area contributed by atoms with Crippen molar-refractivity contribution in [3.63, 3.8) is 0 Å². The minimum Gasteiger partial charge on any atom is -0.380 e. The molecule has 1 heterocycles. The first-order valence-corrected chi connectivity index (χ1v) is 8.07. The zero-order chi connectivity index (χ0) is 14.6. The van der Waals surface area contributed by atoms with Gasteiger partial charge >= 0.3 is 0 Å². The fourth-order valence-corrected chi connectivity index (χ4v) is 3.89. The highest BCUT2D eigenvalue weighted by Gasteiger charge is 2.39. The summed E-state index contributed by atoms with van der Waals surface area (Å²) in [5, 5.41) is 13.0. The summed E-state index contributed by atoms with van der Waals surface area (Å²) < 4.78 is 5.63. The summed E-state index contributed by atoms with van der Waals surface area (Å²) in [6.07, 6.45) is 5.87. The van der Waals surface area contributed by atoms with Gasteiger partial charge in [-0.25, -0.2) is 0 Å². The molecule has 1 saturated heterocycles. The predicted octanol–water partition coefficient (Wildman–Crippen LogP) is 2.16. The van der Waals surface area contributed by atoms with Crippen molar-refractivity contribution in [3.05, 3.63) is 0 Å². The third kappa shape index (κ3) is 3.33. The molecule has 0 radical (unpaired) electrons. The van der Waals surface area contributed by atoms with E-state index in [1.165, 1.54) is 12.8 Å². The second-order valence-corrected chi connectivity index (χ2v) is 6.51. The van der Waals surface area contributed by atoms with Crippen LogP contribution in [0.3, 0.4) is 0 Å². The highest BCUT2D eigenvalue weighted by atomic mass is 16.5. The number of rotatable bonds is 4. The number of methoxy groups -OCH3 is 1. The van der Waals surface area contributed by atoms with Crippen molar-refractivity contribution < 1.29 is 4.74 Å². The van der Waals surface area contributed by atoms with E-state index in [0.717, 1.165) is 38.9 Å². The van der Waals surface area contributed by atoms with E-state index in [1.807, 2.05) is 7.11 Å². The van der Waals surface area contributed by atoms with Crippen molar-refractivity contribution in [1.82, 2.24) is 10.2 Å². The standard InChI is InChI=1S/C16H29N3O/c1-4-18-16(12-17)8-5-6-14(10-16)19-9-7-13(2)15(11-19)20-3/h13-15,18H,4-11H2,1-3H3. The highest BCUT2D eigenvalue weighted by Crippen LogP contribution is 2.33. The lowest BCUT2D eigenvalue weighted by molar-refractivity contribution is -0.0283. The molecule has 2 rings (SSSR count). The third-order valence-corrected chi connectivity index (χ3v) is 5.19. The molecule has 20 heavy (non-hydrogen) atoms. The maximum atomic E-state index is 9.57. The molecule has 114 valence electrons. The Labute approximate surface area is 123 Å². The van der Waals surface area contributed by atoms with E-state index in [4.69, 9.17) is 4.74 Å². The summed E-state index contributed by atoms with van der Waals surface area (Å²) in [5.74, 6) is 0.648. The summed E-state index contributed by atoms with van der Waals surface area (Å²) in [5.41, 5.74) is -0.302. The normalized spacial score (nSPS) is 39.4.